The summed E-state index contributed by atoms with van der Waals surface area (Å²) in [5, 5.41) is 12.0. The Morgan fingerprint density at radius 3 is 2.55 bits per heavy atom. The number of likely N-dealkylation sites (tertiary alicyclic amines) is 1. The van der Waals surface area contributed by atoms with E-state index in [2.05, 4.69) is 5.32 Å². The highest BCUT2D eigenvalue weighted by molar-refractivity contribution is 5.57. The Hall–Kier alpha value is -1.81. The minimum Gasteiger partial charge on any atom is -0.384 e. The van der Waals surface area contributed by atoms with Crippen molar-refractivity contribution in [3.8, 4) is 6.07 Å². The molecule has 0 spiro atoms. The number of nitrogens with one attached hydrogen (secondary N) is 1. The third kappa shape index (κ3) is 4.60. The van der Waals surface area contributed by atoms with Gasteiger partial charge in [-0.1, -0.05) is 6.07 Å². The maximum Gasteiger partial charge on any atom is 0.401 e. The van der Waals surface area contributed by atoms with Crippen LogP contribution in [0.4, 0.5) is 23.2 Å². The first-order valence-corrected chi connectivity index (χ1v) is 7.10. The number of hydrogen-bond donors (Lipinski definition) is 1. The second-order valence-electron chi connectivity index (χ2n) is 5.49. The van der Waals surface area contributed by atoms with E-state index in [9.17, 15) is 17.6 Å². The summed E-state index contributed by atoms with van der Waals surface area (Å²) < 4.78 is 50.4. The summed E-state index contributed by atoms with van der Waals surface area (Å²) >= 11 is 0. The van der Waals surface area contributed by atoms with Crippen molar-refractivity contribution >= 4 is 5.69 Å². The predicted molar refractivity (Wildman–Crippen MR) is 74.8 cm³/mol. The Labute approximate surface area is 126 Å². The zero-order valence-electron chi connectivity index (χ0n) is 12.0. The number of hydrogen-bond acceptors (Lipinski definition) is 3. The molecular weight excluding hydrogens is 298 g/mol. The van der Waals surface area contributed by atoms with Crippen LogP contribution in [0.1, 0.15) is 18.4 Å². The maximum absolute atomic E-state index is 13.4. The minimum atomic E-state index is -4.16. The molecule has 1 aromatic rings. The van der Waals surface area contributed by atoms with Crippen LogP contribution in [-0.2, 0) is 0 Å². The van der Waals surface area contributed by atoms with E-state index < -0.39 is 18.5 Å². The molecule has 22 heavy (non-hydrogen) atoms. The molecule has 1 aliphatic rings. The Morgan fingerprint density at radius 2 is 1.95 bits per heavy atom. The molecule has 0 saturated carbocycles. The summed E-state index contributed by atoms with van der Waals surface area (Å²) in [5.74, 6) is -0.355. The second-order valence-corrected chi connectivity index (χ2v) is 5.49. The standard InChI is InChI=1S/C15H17F4N3/c16-13-2-1-3-14(12(13)8-20)21-9-11-4-6-22(7-5-11)10-15(17,18)19/h1-3,11,21H,4-7,9-10H2. The predicted octanol–water partition coefficient (Wildman–Crippen LogP) is 3.38. The van der Waals surface area contributed by atoms with Crippen LogP contribution in [0.2, 0.25) is 0 Å². The van der Waals surface area contributed by atoms with Crippen molar-refractivity contribution in [2.45, 2.75) is 19.0 Å². The smallest absolute Gasteiger partial charge is 0.384 e. The van der Waals surface area contributed by atoms with Gasteiger partial charge in [0.05, 0.1) is 12.2 Å². The molecule has 2 rings (SSSR count). The highest BCUT2D eigenvalue weighted by Gasteiger charge is 2.32. The number of rotatable bonds is 4. The van der Waals surface area contributed by atoms with Crippen LogP contribution in [0.15, 0.2) is 18.2 Å². The largest absolute Gasteiger partial charge is 0.401 e. The van der Waals surface area contributed by atoms with E-state index in [0.29, 0.717) is 38.2 Å². The van der Waals surface area contributed by atoms with Crippen molar-refractivity contribution in [2.75, 3.05) is 31.5 Å². The normalized spacial score (nSPS) is 17.2. The molecule has 1 saturated heterocycles. The van der Waals surface area contributed by atoms with Crippen LogP contribution in [-0.4, -0.2) is 37.3 Å². The highest BCUT2D eigenvalue weighted by atomic mass is 19.4. The third-order valence-corrected chi connectivity index (χ3v) is 3.82. The second kappa shape index (κ2) is 6.97. The first kappa shape index (κ1) is 16.6. The number of alkyl halides is 3. The first-order chi connectivity index (χ1) is 10.4. The lowest BCUT2D eigenvalue weighted by atomic mass is 9.96. The van der Waals surface area contributed by atoms with Crippen LogP contribution in [0, 0.1) is 23.1 Å². The molecule has 1 N–H and O–H groups in total. The van der Waals surface area contributed by atoms with Gasteiger partial charge in [0.2, 0.25) is 0 Å². The SMILES string of the molecule is N#Cc1c(F)cccc1NCC1CCN(CC(F)(F)F)CC1. The molecule has 1 aliphatic heterocycles. The van der Waals surface area contributed by atoms with E-state index in [1.165, 1.54) is 17.0 Å². The molecule has 1 aromatic carbocycles. The summed E-state index contributed by atoms with van der Waals surface area (Å²) in [4.78, 5) is 1.40. The number of halogens is 4. The monoisotopic (exact) mass is 315 g/mol. The summed E-state index contributed by atoms with van der Waals surface area (Å²) in [6.45, 7) is 0.466. The average Bonchev–Trinajstić information content (AvgIpc) is 2.45. The van der Waals surface area contributed by atoms with Gasteiger partial charge in [0.25, 0.3) is 0 Å². The number of nitriles is 1. The van der Waals surface area contributed by atoms with Gasteiger partial charge in [-0.05, 0) is 44.0 Å². The fraction of sp³-hybridized carbons (Fsp3) is 0.533. The molecule has 120 valence electrons. The maximum atomic E-state index is 13.4. The number of nitrogens with zero attached hydrogens (tertiary/aromatic N) is 2. The van der Waals surface area contributed by atoms with Crippen LogP contribution < -0.4 is 5.32 Å². The van der Waals surface area contributed by atoms with Gasteiger partial charge in [-0.2, -0.15) is 18.4 Å². The number of anilines is 1. The van der Waals surface area contributed by atoms with E-state index in [-0.39, 0.29) is 11.5 Å². The molecule has 0 atom stereocenters. The first-order valence-electron chi connectivity index (χ1n) is 7.10. The lowest BCUT2D eigenvalue weighted by Crippen LogP contribution is -2.41. The van der Waals surface area contributed by atoms with Crippen molar-refractivity contribution < 1.29 is 17.6 Å². The molecule has 1 fully saturated rings. The van der Waals surface area contributed by atoms with Gasteiger partial charge in [0.1, 0.15) is 17.4 Å². The van der Waals surface area contributed by atoms with E-state index in [0.717, 1.165) is 0 Å². The Bertz CT molecular complexity index is 543. The summed E-state index contributed by atoms with van der Waals surface area (Å²) in [7, 11) is 0. The van der Waals surface area contributed by atoms with Gasteiger partial charge in [0, 0.05) is 6.54 Å². The van der Waals surface area contributed by atoms with Crippen LogP contribution >= 0.6 is 0 Å². The van der Waals surface area contributed by atoms with Crippen LogP contribution in [0.5, 0.6) is 0 Å². The zero-order chi connectivity index (χ0) is 16.2. The molecular formula is C15H17F4N3. The van der Waals surface area contributed by atoms with E-state index in [1.807, 2.05) is 6.07 Å². The molecule has 0 aromatic heterocycles. The van der Waals surface area contributed by atoms with Gasteiger partial charge in [-0.15, -0.1) is 0 Å². The number of piperidine rings is 1. The molecule has 0 unspecified atom stereocenters. The Kier molecular flexibility index (Phi) is 5.24. The third-order valence-electron chi connectivity index (χ3n) is 3.82. The van der Waals surface area contributed by atoms with Gasteiger partial charge in [-0.25, -0.2) is 4.39 Å². The van der Waals surface area contributed by atoms with Gasteiger partial charge in [-0.3, -0.25) is 4.90 Å². The summed E-state index contributed by atoms with van der Waals surface area (Å²) in [6.07, 6.45) is -2.85. The van der Waals surface area contributed by atoms with E-state index in [4.69, 9.17) is 5.26 Å². The lowest BCUT2D eigenvalue weighted by molar-refractivity contribution is -0.148. The molecule has 0 aliphatic carbocycles. The average molecular weight is 315 g/mol. The van der Waals surface area contributed by atoms with Gasteiger partial charge in [0.15, 0.2) is 0 Å². The van der Waals surface area contributed by atoms with Crippen molar-refractivity contribution in [3.05, 3.63) is 29.6 Å². The topological polar surface area (TPSA) is 39.1 Å². The molecule has 7 heteroatoms. The van der Waals surface area contributed by atoms with E-state index in [1.54, 1.807) is 6.07 Å². The Balaban J connectivity index is 1.83. The number of benzene rings is 1. The molecule has 0 amide bonds. The lowest BCUT2D eigenvalue weighted by Gasteiger charge is -2.32. The molecule has 1 heterocycles. The van der Waals surface area contributed by atoms with Crippen molar-refractivity contribution in [1.29, 1.82) is 5.26 Å². The zero-order valence-corrected chi connectivity index (χ0v) is 12.0. The van der Waals surface area contributed by atoms with E-state index >= 15 is 0 Å². The summed E-state index contributed by atoms with van der Waals surface area (Å²) in [6, 6.07) is 6.18. The fourth-order valence-electron chi connectivity index (χ4n) is 2.64. The summed E-state index contributed by atoms with van der Waals surface area (Å²) in [5.41, 5.74) is 0.400. The fourth-order valence-corrected chi connectivity index (χ4v) is 2.64. The molecule has 0 radical (unpaired) electrons. The van der Waals surface area contributed by atoms with Crippen LogP contribution in [0.25, 0.3) is 0 Å². The molecule has 3 nitrogen and oxygen atoms in total. The van der Waals surface area contributed by atoms with Crippen molar-refractivity contribution in [3.63, 3.8) is 0 Å². The minimum absolute atomic E-state index is 0.0305. The van der Waals surface area contributed by atoms with Crippen molar-refractivity contribution in [1.82, 2.24) is 4.90 Å². The van der Waals surface area contributed by atoms with Crippen molar-refractivity contribution in [2.24, 2.45) is 5.92 Å². The van der Waals surface area contributed by atoms with Gasteiger partial charge < -0.3 is 5.32 Å². The quantitative estimate of drug-likeness (QED) is 0.866. The van der Waals surface area contributed by atoms with Gasteiger partial charge >= 0.3 is 6.18 Å². The highest BCUT2D eigenvalue weighted by Crippen LogP contribution is 2.24. The molecule has 0 bridgehead atoms. The van der Waals surface area contributed by atoms with Crippen LogP contribution in [0.3, 0.4) is 0 Å². The Morgan fingerprint density at radius 1 is 1.27 bits per heavy atom.